The van der Waals surface area contributed by atoms with E-state index in [1.807, 2.05) is 0 Å². The number of aromatic nitrogens is 1. The first-order chi connectivity index (χ1) is 15.0. The smallest absolute Gasteiger partial charge is 0.224 e. The van der Waals surface area contributed by atoms with Crippen LogP contribution in [0.3, 0.4) is 0 Å². The topological polar surface area (TPSA) is 118 Å². The molecule has 32 heavy (non-hydrogen) atoms. The van der Waals surface area contributed by atoms with Crippen molar-refractivity contribution in [3.63, 3.8) is 0 Å². The first kappa shape index (κ1) is 24.7. The van der Waals surface area contributed by atoms with Crippen LogP contribution in [0.2, 0.25) is 0 Å². The average molecular weight is 464 g/mol. The van der Waals surface area contributed by atoms with Crippen LogP contribution in [0.1, 0.15) is 13.3 Å². The van der Waals surface area contributed by atoms with Gasteiger partial charge in [0.1, 0.15) is 0 Å². The quantitative estimate of drug-likeness (QED) is 0.472. The molecular weight excluding hydrogens is 438 g/mol. The maximum Gasteiger partial charge on any atom is 0.224 e. The van der Waals surface area contributed by atoms with E-state index in [2.05, 4.69) is 10.5 Å². The summed E-state index contributed by atoms with van der Waals surface area (Å²) in [5, 5.41) is 6.77. The minimum Gasteiger partial charge on any atom is -0.493 e. The molecule has 10 heteroatoms. The van der Waals surface area contributed by atoms with E-state index in [1.54, 1.807) is 37.4 Å². The summed E-state index contributed by atoms with van der Waals surface area (Å²) in [5.74, 6) is 2.11. The van der Waals surface area contributed by atoms with Gasteiger partial charge in [0.15, 0.2) is 23.0 Å². The van der Waals surface area contributed by atoms with Crippen LogP contribution >= 0.6 is 12.4 Å². The second-order valence-electron chi connectivity index (χ2n) is 6.53. The number of methoxy groups -OCH3 is 4. The van der Waals surface area contributed by atoms with Gasteiger partial charge in [-0.2, -0.15) is 0 Å². The van der Waals surface area contributed by atoms with Gasteiger partial charge in [-0.3, -0.25) is 4.79 Å². The van der Waals surface area contributed by atoms with Gasteiger partial charge in [0, 0.05) is 17.5 Å². The average Bonchev–Trinajstić information content (AvgIpc) is 3.27. The molecule has 0 saturated carbocycles. The molecule has 0 aliphatic heterocycles. The number of nitrogens with zero attached hydrogens (tertiary/aromatic N) is 1. The molecule has 0 bridgehead atoms. The molecular formula is C22H26ClN3O6. The molecule has 172 valence electrons. The highest BCUT2D eigenvalue weighted by Crippen LogP contribution is 2.44. The van der Waals surface area contributed by atoms with Crippen molar-refractivity contribution in [2.45, 2.75) is 13.3 Å². The van der Waals surface area contributed by atoms with Crippen LogP contribution in [0.25, 0.3) is 22.5 Å². The number of carbonyl (C=O) groups is 1. The molecule has 1 heterocycles. The number of hydrogen-bond donors (Lipinski definition) is 2. The van der Waals surface area contributed by atoms with Crippen LogP contribution in [-0.4, -0.2) is 39.5 Å². The number of carbonyl (C=O) groups excluding carboxylic acids is 1. The number of hydrogen-bond acceptors (Lipinski definition) is 8. The molecule has 1 aromatic heterocycles. The van der Waals surface area contributed by atoms with Gasteiger partial charge in [0.05, 0.1) is 46.0 Å². The van der Waals surface area contributed by atoms with E-state index in [-0.39, 0.29) is 18.3 Å². The van der Waals surface area contributed by atoms with Gasteiger partial charge in [-0.1, -0.05) is 12.1 Å². The van der Waals surface area contributed by atoms with Gasteiger partial charge < -0.3 is 34.5 Å². The zero-order valence-electron chi connectivity index (χ0n) is 18.5. The standard InChI is InChI=1S/C22H25N3O6.ClH/c1-6-19(26)25-16-8-12(7-15(23)21(16)29-4)14-11-24-31-20(14)13-9-17(27-2)22(30-5)18(10-13)28-3;/h7-11H,6,23H2,1-5H3,(H,25,26);1H. The zero-order chi connectivity index (χ0) is 22.5. The predicted molar refractivity (Wildman–Crippen MR) is 124 cm³/mol. The fraction of sp³-hybridized carbons (Fsp3) is 0.273. The van der Waals surface area contributed by atoms with Crippen LogP contribution in [0.5, 0.6) is 23.0 Å². The highest BCUT2D eigenvalue weighted by atomic mass is 35.5. The summed E-state index contributed by atoms with van der Waals surface area (Å²) in [6, 6.07) is 7.02. The summed E-state index contributed by atoms with van der Waals surface area (Å²) < 4.78 is 27.2. The fourth-order valence-corrected chi connectivity index (χ4v) is 3.23. The van der Waals surface area contributed by atoms with Crippen molar-refractivity contribution in [1.29, 1.82) is 0 Å². The third-order valence-corrected chi connectivity index (χ3v) is 4.73. The number of nitrogens with two attached hydrogens (primary N) is 1. The number of nitrogens with one attached hydrogen (secondary N) is 1. The lowest BCUT2D eigenvalue weighted by Crippen LogP contribution is -2.11. The normalized spacial score (nSPS) is 10.2. The fourth-order valence-electron chi connectivity index (χ4n) is 3.23. The van der Waals surface area contributed by atoms with E-state index in [0.29, 0.717) is 63.2 Å². The Labute approximate surface area is 192 Å². The lowest BCUT2D eigenvalue weighted by molar-refractivity contribution is -0.115. The Morgan fingerprint density at radius 2 is 1.59 bits per heavy atom. The Bertz CT molecular complexity index is 1070. The summed E-state index contributed by atoms with van der Waals surface area (Å²) >= 11 is 0. The predicted octanol–water partition coefficient (Wildman–Crippen LogP) is 4.40. The number of amides is 1. The highest BCUT2D eigenvalue weighted by molar-refractivity contribution is 5.96. The third-order valence-electron chi connectivity index (χ3n) is 4.73. The van der Waals surface area contributed by atoms with E-state index in [1.165, 1.54) is 28.4 Å². The molecule has 0 saturated heterocycles. The van der Waals surface area contributed by atoms with E-state index in [9.17, 15) is 4.79 Å². The molecule has 3 aromatic rings. The van der Waals surface area contributed by atoms with Crippen molar-refractivity contribution in [2.24, 2.45) is 0 Å². The van der Waals surface area contributed by atoms with E-state index in [0.717, 1.165) is 0 Å². The SMILES string of the molecule is CCC(=O)Nc1cc(-c2cnoc2-c2cc(OC)c(OC)c(OC)c2)cc(N)c1OC.Cl. The molecule has 0 spiro atoms. The number of benzene rings is 2. The number of nitrogen functional groups attached to an aromatic ring is 1. The Hall–Kier alpha value is -3.59. The third kappa shape index (κ3) is 4.67. The van der Waals surface area contributed by atoms with Crippen LogP contribution in [0, 0.1) is 0 Å². The number of ether oxygens (including phenoxy) is 4. The van der Waals surface area contributed by atoms with Crippen LogP contribution in [-0.2, 0) is 4.79 Å². The maximum absolute atomic E-state index is 12.0. The minimum absolute atomic E-state index is 0. The Balaban J connectivity index is 0.00000363. The van der Waals surface area contributed by atoms with Gasteiger partial charge in [0.25, 0.3) is 0 Å². The van der Waals surface area contributed by atoms with Crippen LogP contribution in [0.15, 0.2) is 35.0 Å². The Kier molecular flexibility index (Phi) is 8.20. The van der Waals surface area contributed by atoms with Gasteiger partial charge in [0.2, 0.25) is 11.7 Å². The van der Waals surface area contributed by atoms with Gasteiger partial charge in [-0.25, -0.2) is 0 Å². The molecule has 2 aromatic carbocycles. The Morgan fingerprint density at radius 1 is 0.969 bits per heavy atom. The number of anilines is 2. The second-order valence-corrected chi connectivity index (χ2v) is 6.53. The Morgan fingerprint density at radius 3 is 2.12 bits per heavy atom. The van der Waals surface area contributed by atoms with E-state index in [4.69, 9.17) is 29.2 Å². The lowest BCUT2D eigenvalue weighted by atomic mass is 10.00. The monoisotopic (exact) mass is 463 g/mol. The first-order valence-corrected chi connectivity index (χ1v) is 9.50. The molecule has 3 rings (SSSR count). The molecule has 0 aliphatic carbocycles. The molecule has 9 nitrogen and oxygen atoms in total. The number of halogens is 1. The maximum atomic E-state index is 12.0. The molecule has 0 aliphatic rings. The summed E-state index contributed by atoms with van der Waals surface area (Å²) in [6.45, 7) is 1.76. The van der Waals surface area contributed by atoms with Crippen LogP contribution < -0.4 is 30.0 Å². The minimum atomic E-state index is -0.162. The first-order valence-electron chi connectivity index (χ1n) is 9.50. The molecule has 0 fully saturated rings. The molecule has 0 atom stereocenters. The van der Waals surface area contributed by atoms with E-state index < -0.39 is 0 Å². The van der Waals surface area contributed by atoms with Crippen LogP contribution in [0.4, 0.5) is 11.4 Å². The van der Waals surface area contributed by atoms with E-state index >= 15 is 0 Å². The summed E-state index contributed by atoms with van der Waals surface area (Å²) in [4.78, 5) is 12.0. The van der Waals surface area contributed by atoms with Crippen molar-refractivity contribution in [1.82, 2.24) is 5.16 Å². The summed E-state index contributed by atoms with van der Waals surface area (Å²) in [6.07, 6.45) is 1.89. The molecule has 0 radical (unpaired) electrons. The van der Waals surface area contributed by atoms with Crippen molar-refractivity contribution in [3.05, 3.63) is 30.5 Å². The highest BCUT2D eigenvalue weighted by Gasteiger charge is 2.21. The van der Waals surface area contributed by atoms with Gasteiger partial charge in [-0.15, -0.1) is 12.4 Å². The largest absolute Gasteiger partial charge is 0.493 e. The summed E-state index contributed by atoms with van der Waals surface area (Å²) in [5.41, 5.74) is 9.03. The number of rotatable bonds is 8. The van der Waals surface area contributed by atoms with Crippen molar-refractivity contribution < 1.29 is 28.3 Å². The van der Waals surface area contributed by atoms with Gasteiger partial charge in [-0.05, 0) is 29.8 Å². The van der Waals surface area contributed by atoms with Gasteiger partial charge >= 0.3 is 0 Å². The molecule has 3 N–H and O–H groups in total. The second kappa shape index (κ2) is 10.6. The zero-order valence-corrected chi connectivity index (χ0v) is 19.3. The summed E-state index contributed by atoms with van der Waals surface area (Å²) in [7, 11) is 6.10. The molecule has 0 unspecified atom stereocenters. The van der Waals surface area contributed by atoms with Crippen molar-refractivity contribution in [3.8, 4) is 45.4 Å². The lowest BCUT2D eigenvalue weighted by Gasteiger charge is -2.15. The van der Waals surface area contributed by atoms with Crippen molar-refractivity contribution >= 4 is 29.7 Å². The van der Waals surface area contributed by atoms with Crippen molar-refractivity contribution in [2.75, 3.05) is 39.5 Å². The molecule has 1 amide bonds.